The van der Waals surface area contributed by atoms with Gasteiger partial charge in [-0.2, -0.15) is 5.26 Å². The number of nitrogens with one attached hydrogen (secondary N) is 1. The first-order valence-electron chi connectivity index (χ1n) is 7.99. The molecule has 9 heteroatoms. The highest BCUT2D eigenvalue weighted by Crippen LogP contribution is 2.33. The summed E-state index contributed by atoms with van der Waals surface area (Å²) < 4.78 is 22.7. The van der Waals surface area contributed by atoms with Gasteiger partial charge in [0, 0.05) is 47.9 Å². The van der Waals surface area contributed by atoms with Crippen LogP contribution >= 0.6 is 0 Å². The monoisotopic (exact) mass is 355 g/mol. The van der Waals surface area contributed by atoms with Crippen molar-refractivity contribution in [1.29, 1.82) is 5.26 Å². The van der Waals surface area contributed by atoms with E-state index >= 15 is 0 Å². The second-order valence-corrected chi connectivity index (χ2v) is 7.08. The zero-order valence-corrected chi connectivity index (χ0v) is 14.1. The summed E-state index contributed by atoms with van der Waals surface area (Å²) in [4.78, 5) is 9.24. The van der Waals surface area contributed by atoms with Gasteiger partial charge in [-0.05, 0) is 36.1 Å². The highest BCUT2D eigenvalue weighted by atomic mass is 32.2. The van der Waals surface area contributed by atoms with E-state index in [-0.39, 0.29) is 5.92 Å². The van der Waals surface area contributed by atoms with Gasteiger partial charge in [0.1, 0.15) is 0 Å². The van der Waals surface area contributed by atoms with Crippen LogP contribution in [0.4, 0.5) is 0 Å². The van der Waals surface area contributed by atoms with Crippen LogP contribution in [0.3, 0.4) is 0 Å². The average molecular weight is 355 g/mol. The molecule has 0 saturated carbocycles. The zero-order valence-electron chi connectivity index (χ0n) is 13.3. The predicted molar refractivity (Wildman–Crippen MR) is 91.1 cm³/mol. The lowest BCUT2D eigenvalue weighted by Gasteiger charge is -2.36. The van der Waals surface area contributed by atoms with Gasteiger partial charge in [0.15, 0.2) is 11.0 Å². The number of pyridine rings is 1. The summed E-state index contributed by atoms with van der Waals surface area (Å²) in [6.07, 6.45) is 5.26. The number of hydrogen-bond acceptors (Lipinski definition) is 7. The molecule has 1 N–H and O–H groups in total. The van der Waals surface area contributed by atoms with Crippen LogP contribution in [-0.2, 0) is 11.1 Å². The smallest absolute Gasteiger partial charge is 0.182 e. The molecule has 3 unspecified atom stereocenters. The molecule has 0 radical (unpaired) electrons. The van der Waals surface area contributed by atoms with Crippen LogP contribution in [0.5, 0.6) is 0 Å². The molecule has 1 aliphatic heterocycles. The summed E-state index contributed by atoms with van der Waals surface area (Å²) in [5, 5.41) is 18.3. The highest BCUT2D eigenvalue weighted by molar-refractivity contribution is 7.80. The molecule has 0 aliphatic carbocycles. The van der Waals surface area contributed by atoms with E-state index < -0.39 is 16.5 Å². The molecule has 3 aromatic rings. The van der Waals surface area contributed by atoms with E-state index in [2.05, 4.69) is 20.2 Å². The topological polar surface area (TPSA) is 122 Å². The van der Waals surface area contributed by atoms with E-state index in [0.717, 1.165) is 34.8 Å². The van der Waals surface area contributed by atoms with Crippen LogP contribution < -0.4 is 0 Å². The van der Waals surface area contributed by atoms with Crippen molar-refractivity contribution in [2.24, 2.45) is 0 Å². The van der Waals surface area contributed by atoms with Crippen molar-refractivity contribution < 1.29 is 8.76 Å². The van der Waals surface area contributed by atoms with E-state index in [1.165, 1.54) is 0 Å². The van der Waals surface area contributed by atoms with Crippen molar-refractivity contribution in [2.75, 3.05) is 13.1 Å². The van der Waals surface area contributed by atoms with Crippen LogP contribution in [0.25, 0.3) is 21.9 Å². The Morgan fingerprint density at radius 3 is 3.12 bits per heavy atom. The average Bonchev–Trinajstić information content (AvgIpc) is 3.11. The molecule has 0 spiro atoms. The standard InChI is InChI=1S/C16H16N6O2S/c17-8-13(25(23)24)22-7-1-2-10(9-22)15-14-11-3-5-19-16(11)21-20-12(14)4-6-18-15/h3-6,10,13,18H,1-2,7,9H2,(H,23,24)/p-1. The van der Waals surface area contributed by atoms with Crippen molar-refractivity contribution in [3.05, 3.63) is 30.2 Å². The van der Waals surface area contributed by atoms with Crippen molar-refractivity contribution in [2.45, 2.75) is 24.1 Å². The zero-order chi connectivity index (χ0) is 17.4. The van der Waals surface area contributed by atoms with Gasteiger partial charge in [-0.1, -0.05) is 0 Å². The second kappa shape index (κ2) is 6.48. The van der Waals surface area contributed by atoms with Gasteiger partial charge in [-0.25, -0.2) is 4.98 Å². The van der Waals surface area contributed by atoms with E-state index in [4.69, 9.17) is 0 Å². The van der Waals surface area contributed by atoms with E-state index in [9.17, 15) is 14.0 Å². The molecule has 25 heavy (non-hydrogen) atoms. The Kier molecular flexibility index (Phi) is 4.17. The molecule has 4 rings (SSSR count). The third-order valence-electron chi connectivity index (χ3n) is 4.69. The molecule has 3 atom stereocenters. The van der Waals surface area contributed by atoms with Gasteiger partial charge in [0.05, 0.1) is 11.6 Å². The number of rotatable bonds is 3. The van der Waals surface area contributed by atoms with E-state index in [1.54, 1.807) is 11.1 Å². The summed E-state index contributed by atoms with van der Waals surface area (Å²) in [6, 6.07) is 5.65. The minimum Gasteiger partial charge on any atom is -0.770 e. The molecule has 0 amide bonds. The first kappa shape index (κ1) is 16.1. The van der Waals surface area contributed by atoms with Crippen LogP contribution in [0.1, 0.15) is 24.5 Å². The van der Waals surface area contributed by atoms with Gasteiger partial charge >= 0.3 is 0 Å². The molecule has 1 fully saturated rings. The summed E-state index contributed by atoms with van der Waals surface area (Å²) in [6.45, 7) is 1.10. The first-order valence-corrected chi connectivity index (χ1v) is 9.13. The van der Waals surface area contributed by atoms with Crippen LogP contribution in [0.15, 0.2) is 24.5 Å². The molecule has 1 aliphatic rings. The summed E-state index contributed by atoms with van der Waals surface area (Å²) >= 11 is -2.44. The molecule has 0 bridgehead atoms. The maximum Gasteiger partial charge on any atom is 0.182 e. The van der Waals surface area contributed by atoms with Gasteiger partial charge in [-0.3, -0.25) is 9.11 Å². The Morgan fingerprint density at radius 1 is 1.44 bits per heavy atom. The van der Waals surface area contributed by atoms with Crippen molar-refractivity contribution in [3.8, 4) is 6.07 Å². The number of hydrogen-bond donors (Lipinski definition) is 1. The SMILES string of the molecule is N#CC(N1CCCC(c2[nH]ccc3nnc4nccc4c23)C1)S(=O)[O-]. The molecular formula is C16H15N6O2S-. The number of nitrogens with zero attached hydrogens (tertiary/aromatic N) is 5. The number of likely N-dealkylation sites (tertiary alicyclic amines) is 1. The summed E-state index contributed by atoms with van der Waals surface area (Å²) in [5.74, 6) is 0.0825. The number of fused-ring (bicyclic) bond motifs is 3. The second-order valence-electron chi connectivity index (χ2n) is 6.11. The van der Waals surface area contributed by atoms with Crippen LogP contribution in [0, 0.1) is 11.3 Å². The fraction of sp³-hybridized carbons (Fsp3) is 0.375. The third-order valence-corrected chi connectivity index (χ3v) is 5.46. The molecule has 4 heterocycles. The minimum atomic E-state index is -2.44. The fourth-order valence-electron chi connectivity index (χ4n) is 3.60. The molecule has 8 nitrogen and oxygen atoms in total. The Labute approximate surface area is 146 Å². The number of aromatic amines is 1. The van der Waals surface area contributed by atoms with E-state index in [0.29, 0.717) is 18.7 Å². The van der Waals surface area contributed by atoms with Crippen LogP contribution in [0.2, 0.25) is 0 Å². The third kappa shape index (κ3) is 2.78. The van der Waals surface area contributed by atoms with Crippen LogP contribution in [-0.4, -0.2) is 52.3 Å². The lowest BCUT2D eigenvalue weighted by atomic mass is 9.91. The van der Waals surface area contributed by atoms with Crippen molar-refractivity contribution in [3.63, 3.8) is 0 Å². The van der Waals surface area contributed by atoms with E-state index in [1.807, 2.05) is 24.4 Å². The van der Waals surface area contributed by atoms with Gasteiger partial charge in [-0.15, -0.1) is 10.2 Å². The quantitative estimate of drug-likeness (QED) is 0.705. The number of nitriles is 1. The van der Waals surface area contributed by atoms with Gasteiger partial charge in [0.25, 0.3) is 0 Å². The first-order chi connectivity index (χ1) is 12.2. The predicted octanol–water partition coefficient (Wildman–Crippen LogP) is 1.41. The number of aromatic nitrogens is 4. The molecule has 0 aromatic carbocycles. The number of H-pyrrole nitrogens is 1. The highest BCUT2D eigenvalue weighted by Gasteiger charge is 2.29. The normalized spacial score (nSPS) is 21.2. The Balaban J connectivity index is 1.78. The number of piperidine rings is 1. The van der Waals surface area contributed by atoms with Crippen molar-refractivity contribution >= 4 is 33.0 Å². The molecule has 1 saturated heterocycles. The maximum absolute atomic E-state index is 11.3. The Hall–Kier alpha value is -2.41. The Morgan fingerprint density at radius 2 is 2.32 bits per heavy atom. The lowest BCUT2D eigenvalue weighted by molar-refractivity contribution is 0.208. The van der Waals surface area contributed by atoms with Gasteiger partial charge in [0.2, 0.25) is 0 Å². The van der Waals surface area contributed by atoms with Crippen molar-refractivity contribution in [1.82, 2.24) is 25.1 Å². The fourth-order valence-corrected chi connectivity index (χ4v) is 4.12. The maximum atomic E-state index is 11.3. The summed E-state index contributed by atoms with van der Waals surface area (Å²) in [5.41, 5.74) is 2.36. The van der Waals surface area contributed by atoms with Gasteiger partial charge < -0.3 is 9.54 Å². The summed E-state index contributed by atoms with van der Waals surface area (Å²) in [7, 11) is 0. The molecule has 128 valence electrons. The molecule has 3 aromatic heterocycles. The largest absolute Gasteiger partial charge is 0.770 e. The lowest BCUT2D eigenvalue weighted by Crippen LogP contribution is -2.43. The minimum absolute atomic E-state index is 0.0825. The Bertz CT molecular complexity index is 997. The molecular weight excluding hydrogens is 340 g/mol.